The third-order valence-electron chi connectivity index (χ3n) is 3.60. The largest absolute Gasteiger partial charge is 0.480 e. The molecule has 0 fully saturated rings. The molecule has 1 aromatic carbocycles. The van der Waals surface area contributed by atoms with Crippen molar-refractivity contribution in [3.05, 3.63) is 29.8 Å². The van der Waals surface area contributed by atoms with E-state index in [4.69, 9.17) is 0 Å². The SMILES string of the molecule is CC1Cc2ccccc2N(C(C(=O)O)C(C)C)C1. The van der Waals surface area contributed by atoms with Crippen LogP contribution in [0.5, 0.6) is 0 Å². The summed E-state index contributed by atoms with van der Waals surface area (Å²) >= 11 is 0. The normalized spacial score (nSPS) is 20.7. The Morgan fingerprint density at radius 3 is 2.67 bits per heavy atom. The Bertz CT molecular complexity index is 442. The van der Waals surface area contributed by atoms with E-state index >= 15 is 0 Å². The Labute approximate surface area is 108 Å². The average molecular weight is 247 g/mol. The lowest BCUT2D eigenvalue weighted by Crippen LogP contribution is -2.49. The third-order valence-corrected chi connectivity index (χ3v) is 3.60. The molecule has 0 aromatic heterocycles. The van der Waals surface area contributed by atoms with Crippen molar-refractivity contribution in [2.75, 3.05) is 11.4 Å². The van der Waals surface area contributed by atoms with Gasteiger partial charge >= 0.3 is 5.97 Å². The van der Waals surface area contributed by atoms with Gasteiger partial charge < -0.3 is 10.0 Å². The molecule has 1 N–H and O–H groups in total. The summed E-state index contributed by atoms with van der Waals surface area (Å²) in [6.07, 6.45) is 1.04. The molecule has 0 spiro atoms. The maximum atomic E-state index is 11.5. The van der Waals surface area contributed by atoms with Crippen LogP contribution in [0.3, 0.4) is 0 Å². The summed E-state index contributed by atoms with van der Waals surface area (Å²) in [5.41, 5.74) is 2.36. The number of hydrogen-bond acceptors (Lipinski definition) is 2. The van der Waals surface area contributed by atoms with E-state index in [1.54, 1.807) is 0 Å². The molecule has 2 unspecified atom stereocenters. The predicted octanol–water partition coefficient (Wildman–Crippen LogP) is 2.79. The summed E-state index contributed by atoms with van der Waals surface area (Å²) in [5.74, 6) is -0.129. The number of anilines is 1. The number of rotatable bonds is 3. The number of aliphatic carboxylic acids is 1. The molecule has 2 atom stereocenters. The number of carbonyl (C=O) groups is 1. The fourth-order valence-corrected chi connectivity index (χ4v) is 2.88. The van der Waals surface area contributed by atoms with Gasteiger partial charge in [0.15, 0.2) is 0 Å². The number of hydrogen-bond donors (Lipinski definition) is 1. The van der Waals surface area contributed by atoms with Crippen LogP contribution < -0.4 is 4.90 Å². The van der Waals surface area contributed by atoms with Gasteiger partial charge in [-0.25, -0.2) is 4.79 Å². The van der Waals surface area contributed by atoms with E-state index in [0.29, 0.717) is 5.92 Å². The number of carboxylic acid groups (broad SMARTS) is 1. The molecule has 1 aliphatic rings. The zero-order valence-electron chi connectivity index (χ0n) is 11.3. The highest BCUT2D eigenvalue weighted by Crippen LogP contribution is 2.32. The second kappa shape index (κ2) is 5.01. The van der Waals surface area contributed by atoms with Gasteiger partial charge in [-0.3, -0.25) is 0 Å². The number of para-hydroxylation sites is 1. The monoisotopic (exact) mass is 247 g/mol. The highest BCUT2D eigenvalue weighted by molar-refractivity contribution is 5.79. The average Bonchev–Trinajstić information content (AvgIpc) is 2.27. The van der Waals surface area contributed by atoms with E-state index in [0.717, 1.165) is 18.7 Å². The minimum Gasteiger partial charge on any atom is -0.480 e. The second-order valence-corrected chi connectivity index (χ2v) is 5.62. The van der Waals surface area contributed by atoms with E-state index in [1.807, 2.05) is 32.0 Å². The van der Waals surface area contributed by atoms with Gasteiger partial charge in [0.25, 0.3) is 0 Å². The van der Waals surface area contributed by atoms with E-state index < -0.39 is 12.0 Å². The van der Waals surface area contributed by atoms with Gasteiger partial charge in [-0.2, -0.15) is 0 Å². The molecule has 2 rings (SSSR count). The topological polar surface area (TPSA) is 40.5 Å². The Morgan fingerprint density at radius 1 is 1.39 bits per heavy atom. The lowest BCUT2D eigenvalue weighted by Gasteiger charge is -2.40. The van der Waals surface area contributed by atoms with Gasteiger partial charge in [0, 0.05) is 12.2 Å². The van der Waals surface area contributed by atoms with Gasteiger partial charge in [0.1, 0.15) is 6.04 Å². The number of benzene rings is 1. The molecule has 98 valence electrons. The molecule has 0 bridgehead atoms. The van der Waals surface area contributed by atoms with Crippen molar-refractivity contribution in [2.24, 2.45) is 11.8 Å². The summed E-state index contributed by atoms with van der Waals surface area (Å²) < 4.78 is 0. The van der Waals surface area contributed by atoms with Gasteiger partial charge in [-0.05, 0) is 29.9 Å². The Morgan fingerprint density at radius 2 is 2.06 bits per heavy atom. The Kier molecular flexibility index (Phi) is 3.60. The molecule has 0 radical (unpaired) electrons. The first-order chi connectivity index (χ1) is 8.50. The number of carboxylic acids is 1. The van der Waals surface area contributed by atoms with E-state index in [2.05, 4.69) is 17.9 Å². The van der Waals surface area contributed by atoms with Crippen LogP contribution in [0.4, 0.5) is 5.69 Å². The fraction of sp³-hybridized carbons (Fsp3) is 0.533. The van der Waals surface area contributed by atoms with Crippen LogP contribution in [0.25, 0.3) is 0 Å². The van der Waals surface area contributed by atoms with Crippen molar-refractivity contribution in [2.45, 2.75) is 33.2 Å². The fourth-order valence-electron chi connectivity index (χ4n) is 2.88. The first-order valence-corrected chi connectivity index (χ1v) is 6.58. The van der Waals surface area contributed by atoms with E-state index in [9.17, 15) is 9.90 Å². The zero-order chi connectivity index (χ0) is 13.3. The molecule has 0 saturated heterocycles. The molecule has 18 heavy (non-hydrogen) atoms. The van der Waals surface area contributed by atoms with Crippen LogP contribution in [0.15, 0.2) is 24.3 Å². The van der Waals surface area contributed by atoms with Gasteiger partial charge in [-0.15, -0.1) is 0 Å². The minimum atomic E-state index is -0.728. The smallest absolute Gasteiger partial charge is 0.326 e. The van der Waals surface area contributed by atoms with Crippen LogP contribution in [-0.2, 0) is 11.2 Å². The zero-order valence-corrected chi connectivity index (χ0v) is 11.3. The van der Waals surface area contributed by atoms with Gasteiger partial charge in [-0.1, -0.05) is 39.0 Å². The second-order valence-electron chi connectivity index (χ2n) is 5.62. The van der Waals surface area contributed by atoms with Crippen LogP contribution in [-0.4, -0.2) is 23.7 Å². The molecule has 1 aromatic rings. The summed E-state index contributed by atoms with van der Waals surface area (Å²) in [6, 6.07) is 7.73. The number of nitrogens with zero attached hydrogens (tertiary/aromatic N) is 1. The van der Waals surface area contributed by atoms with Crippen LogP contribution in [0.1, 0.15) is 26.3 Å². The molecular weight excluding hydrogens is 226 g/mol. The van der Waals surface area contributed by atoms with Crippen LogP contribution in [0.2, 0.25) is 0 Å². The predicted molar refractivity (Wildman–Crippen MR) is 72.9 cm³/mol. The van der Waals surface area contributed by atoms with E-state index in [-0.39, 0.29) is 5.92 Å². The maximum absolute atomic E-state index is 11.5. The quantitative estimate of drug-likeness (QED) is 0.893. The molecule has 3 nitrogen and oxygen atoms in total. The number of fused-ring (bicyclic) bond motifs is 1. The summed E-state index contributed by atoms with van der Waals surface area (Å²) in [4.78, 5) is 13.6. The van der Waals surface area contributed by atoms with Crippen molar-refractivity contribution in [1.82, 2.24) is 0 Å². The highest BCUT2D eigenvalue weighted by Gasteiger charge is 2.33. The van der Waals surface area contributed by atoms with Crippen molar-refractivity contribution >= 4 is 11.7 Å². The van der Waals surface area contributed by atoms with Gasteiger partial charge in [0.2, 0.25) is 0 Å². The first kappa shape index (κ1) is 12.9. The first-order valence-electron chi connectivity index (χ1n) is 6.58. The summed E-state index contributed by atoms with van der Waals surface area (Å²) in [5, 5.41) is 9.47. The standard InChI is InChI=1S/C15H21NO2/c1-10(2)14(15(17)18)16-9-11(3)8-12-6-4-5-7-13(12)16/h4-7,10-11,14H,8-9H2,1-3H3,(H,17,18). The summed E-state index contributed by atoms with van der Waals surface area (Å²) in [7, 11) is 0. The van der Waals surface area contributed by atoms with Crippen LogP contribution in [0, 0.1) is 11.8 Å². The molecule has 1 heterocycles. The van der Waals surface area contributed by atoms with Crippen LogP contribution >= 0.6 is 0 Å². The summed E-state index contributed by atoms with van der Waals surface area (Å²) in [6.45, 7) is 6.95. The highest BCUT2D eigenvalue weighted by atomic mass is 16.4. The Hall–Kier alpha value is -1.51. The van der Waals surface area contributed by atoms with Crippen molar-refractivity contribution < 1.29 is 9.90 Å². The molecule has 0 saturated carbocycles. The molecule has 0 aliphatic carbocycles. The van der Waals surface area contributed by atoms with E-state index in [1.165, 1.54) is 5.56 Å². The third kappa shape index (κ3) is 2.35. The molecule has 0 amide bonds. The lowest BCUT2D eigenvalue weighted by atomic mass is 9.90. The van der Waals surface area contributed by atoms with Crippen molar-refractivity contribution in [3.8, 4) is 0 Å². The Balaban J connectivity index is 2.41. The molecule has 3 heteroatoms. The van der Waals surface area contributed by atoms with Crippen molar-refractivity contribution in [1.29, 1.82) is 0 Å². The molecular formula is C15H21NO2. The lowest BCUT2D eigenvalue weighted by molar-refractivity contribution is -0.139. The minimum absolute atomic E-state index is 0.0980. The van der Waals surface area contributed by atoms with Gasteiger partial charge in [0.05, 0.1) is 0 Å². The van der Waals surface area contributed by atoms with Crippen molar-refractivity contribution in [3.63, 3.8) is 0 Å². The maximum Gasteiger partial charge on any atom is 0.326 e. The molecule has 1 aliphatic heterocycles.